The van der Waals surface area contributed by atoms with Crippen molar-refractivity contribution >= 4 is 26.8 Å². The molecular weight excluding hydrogens is 392 g/mol. The Kier molecular flexibility index (Phi) is 4.87. The molecule has 1 saturated heterocycles. The van der Waals surface area contributed by atoms with E-state index in [0.29, 0.717) is 24.3 Å². The predicted molar refractivity (Wildman–Crippen MR) is 107 cm³/mol. The highest BCUT2D eigenvalue weighted by Crippen LogP contribution is 2.25. The zero-order valence-corrected chi connectivity index (χ0v) is 17.4. The summed E-state index contributed by atoms with van der Waals surface area (Å²) in [5.41, 5.74) is 2.48. The van der Waals surface area contributed by atoms with Crippen LogP contribution in [0.5, 0.6) is 0 Å². The largest absolute Gasteiger partial charge is 0.360 e. The quantitative estimate of drug-likeness (QED) is 0.652. The molecule has 2 aromatic heterocycles. The normalized spacial score (nSPS) is 15.8. The third-order valence-electron chi connectivity index (χ3n) is 5.17. The average Bonchev–Trinajstić information content (AvgIpc) is 3.05. The number of aromatic nitrogens is 2. The van der Waals surface area contributed by atoms with Gasteiger partial charge in [0.15, 0.2) is 5.76 Å². The van der Waals surface area contributed by atoms with E-state index in [1.807, 2.05) is 31.2 Å². The molecule has 4 rings (SSSR count). The molecule has 1 aliphatic rings. The molecule has 1 fully saturated rings. The molecule has 0 unspecified atom stereocenters. The van der Waals surface area contributed by atoms with Crippen molar-refractivity contribution in [3.8, 4) is 0 Å². The number of hydrogen-bond acceptors (Lipinski definition) is 6. The summed E-state index contributed by atoms with van der Waals surface area (Å²) in [7, 11) is -3.71. The summed E-state index contributed by atoms with van der Waals surface area (Å²) in [5, 5.41) is 4.55. The maximum atomic E-state index is 13.2. The van der Waals surface area contributed by atoms with Gasteiger partial charge in [0.25, 0.3) is 5.91 Å². The van der Waals surface area contributed by atoms with E-state index >= 15 is 0 Å². The standard InChI is InChI=1S/C20H22N4O4S/c1-13-12-17(16-6-4-5-7-18(16)21-13)20(25)23-8-10-24(11-9-23)29(26,27)19-14(2)22-28-15(19)3/h4-7,12H,8-11H2,1-3H3. The number of fused-ring (bicyclic) bond motifs is 1. The third-order valence-corrected chi connectivity index (χ3v) is 7.31. The second-order valence-electron chi connectivity index (χ2n) is 7.18. The number of amides is 1. The highest BCUT2D eigenvalue weighted by molar-refractivity contribution is 7.89. The molecule has 9 heteroatoms. The highest BCUT2D eigenvalue weighted by Gasteiger charge is 2.34. The summed E-state index contributed by atoms with van der Waals surface area (Å²) in [4.78, 5) is 19.5. The van der Waals surface area contributed by atoms with Crippen LogP contribution in [0.25, 0.3) is 10.9 Å². The lowest BCUT2D eigenvalue weighted by atomic mass is 10.1. The second-order valence-corrected chi connectivity index (χ2v) is 9.05. The number of hydrogen-bond donors (Lipinski definition) is 0. The average molecular weight is 414 g/mol. The van der Waals surface area contributed by atoms with E-state index in [-0.39, 0.29) is 29.7 Å². The van der Waals surface area contributed by atoms with Gasteiger partial charge in [0.2, 0.25) is 10.0 Å². The fraction of sp³-hybridized carbons (Fsp3) is 0.350. The van der Waals surface area contributed by atoms with E-state index in [0.717, 1.165) is 16.6 Å². The number of sulfonamides is 1. The Hall–Kier alpha value is -2.78. The van der Waals surface area contributed by atoms with Crippen LogP contribution in [-0.2, 0) is 10.0 Å². The van der Waals surface area contributed by atoms with Crippen molar-refractivity contribution < 1.29 is 17.7 Å². The van der Waals surface area contributed by atoms with E-state index in [9.17, 15) is 13.2 Å². The number of carbonyl (C=O) groups excluding carboxylic acids is 1. The lowest BCUT2D eigenvalue weighted by Gasteiger charge is -2.34. The van der Waals surface area contributed by atoms with Crippen LogP contribution in [0.4, 0.5) is 0 Å². The first-order chi connectivity index (χ1) is 13.8. The summed E-state index contributed by atoms with van der Waals surface area (Å²) >= 11 is 0. The number of aryl methyl sites for hydroxylation is 3. The van der Waals surface area contributed by atoms with Crippen molar-refractivity contribution in [2.75, 3.05) is 26.2 Å². The number of rotatable bonds is 3. The van der Waals surface area contributed by atoms with Gasteiger partial charge in [0, 0.05) is 37.3 Å². The van der Waals surface area contributed by atoms with Gasteiger partial charge in [0.05, 0.1) is 11.1 Å². The molecule has 1 aliphatic heterocycles. The van der Waals surface area contributed by atoms with Crippen LogP contribution in [0.3, 0.4) is 0 Å². The number of piperazine rings is 1. The first kappa shape index (κ1) is 19.5. The van der Waals surface area contributed by atoms with Crippen LogP contribution in [0.15, 0.2) is 39.8 Å². The van der Waals surface area contributed by atoms with E-state index in [4.69, 9.17) is 4.52 Å². The van der Waals surface area contributed by atoms with Gasteiger partial charge in [-0.05, 0) is 32.9 Å². The van der Waals surface area contributed by atoms with Crippen molar-refractivity contribution in [1.29, 1.82) is 0 Å². The molecule has 0 radical (unpaired) electrons. The Bertz CT molecular complexity index is 1170. The van der Waals surface area contributed by atoms with E-state index < -0.39 is 10.0 Å². The van der Waals surface area contributed by atoms with E-state index in [1.165, 1.54) is 4.31 Å². The molecule has 0 N–H and O–H groups in total. The maximum absolute atomic E-state index is 13.2. The molecule has 3 aromatic rings. The molecule has 0 aliphatic carbocycles. The minimum absolute atomic E-state index is 0.110. The van der Waals surface area contributed by atoms with Crippen molar-refractivity contribution in [1.82, 2.24) is 19.3 Å². The number of para-hydroxylation sites is 1. The van der Waals surface area contributed by atoms with Crippen LogP contribution < -0.4 is 0 Å². The zero-order chi connectivity index (χ0) is 20.8. The molecule has 0 bridgehead atoms. The van der Waals surface area contributed by atoms with Crippen molar-refractivity contribution in [2.24, 2.45) is 0 Å². The molecule has 3 heterocycles. The first-order valence-corrected chi connectivity index (χ1v) is 10.8. The van der Waals surface area contributed by atoms with Crippen LogP contribution in [0, 0.1) is 20.8 Å². The number of benzene rings is 1. The lowest BCUT2D eigenvalue weighted by Crippen LogP contribution is -2.50. The van der Waals surface area contributed by atoms with Crippen molar-refractivity contribution in [2.45, 2.75) is 25.7 Å². The van der Waals surface area contributed by atoms with E-state index in [1.54, 1.807) is 24.8 Å². The molecule has 1 aromatic carbocycles. The number of carbonyl (C=O) groups is 1. The summed E-state index contributed by atoms with van der Waals surface area (Å²) in [5.74, 6) is 0.167. The number of pyridine rings is 1. The minimum Gasteiger partial charge on any atom is -0.360 e. The monoisotopic (exact) mass is 414 g/mol. The molecular formula is C20H22N4O4S. The summed E-state index contributed by atoms with van der Waals surface area (Å²) in [6, 6.07) is 9.32. The highest BCUT2D eigenvalue weighted by atomic mass is 32.2. The fourth-order valence-corrected chi connectivity index (χ4v) is 5.47. The van der Waals surface area contributed by atoms with Gasteiger partial charge in [-0.2, -0.15) is 4.31 Å². The Morgan fingerprint density at radius 3 is 2.41 bits per heavy atom. The number of nitrogens with zero attached hydrogens (tertiary/aromatic N) is 4. The molecule has 8 nitrogen and oxygen atoms in total. The third kappa shape index (κ3) is 3.40. The van der Waals surface area contributed by atoms with Crippen LogP contribution in [-0.4, -0.2) is 59.8 Å². The van der Waals surface area contributed by atoms with Gasteiger partial charge in [-0.25, -0.2) is 8.42 Å². The predicted octanol–water partition coefficient (Wildman–Crippen LogP) is 2.29. The summed E-state index contributed by atoms with van der Waals surface area (Å²) in [6.45, 7) is 6.13. The van der Waals surface area contributed by atoms with Crippen molar-refractivity contribution in [3.05, 3.63) is 53.0 Å². The van der Waals surface area contributed by atoms with Gasteiger partial charge in [0.1, 0.15) is 10.6 Å². The van der Waals surface area contributed by atoms with Gasteiger partial charge < -0.3 is 9.42 Å². The lowest BCUT2D eigenvalue weighted by molar-refractivity contribution is 0.0699. The van der Waals surface area contributed by atoms with Crippen LogP contribution in [0.1, 0.15) is 27.5 Å². The Labute approximate surface area is 169 Å². The molecule has 152 valence electrons. The van der Waals surface area contributed by atoms with E-state index in [2.05, 4.69) is 10.1 Å². The second kappa shape index (κ2) is 7.23. The van der Waals surface area contributed by atoms with Gasteiger partial charge in [-0.3, -0.25) is 9.78 Å². The molecule has 1 amide bonds. The SMILES string of the molecule is Cc1cc(C(=O)N2CCN(S(=O)(=O)c3c(C)noc3C)CC2)c2ccccc2n1. The summed E-state index contributed by atoms with van der Waals surface area (Å²) in [6.07, 6.45) is 0. The molecule has 29 heavy (non-hydrogen) atoms. The first-order valence-electron chi connectivity index (χ1n) is 9.37. The Morgan fingerprint density at radius 2 is 1.76 bits per heavy atom. The Balaban J connectivity index is 1.56. The smallest absolute Gasteiger partial charge is 0.254 e. The molecule has 0 saturated carbocycles. The van der Waals surface area contributed by atoms with Crippen LogP contribution in [0.2, 0.25) is 0 Å². The fourth-order valence-electron chi connectivity index (χ4n) is 3.76. The molecule has 0 atom stereocenters. The minimum atomic E-state index is -3.71. The van der Waals surface area contributed by atoms with Gasteiger partial charge in [-0.1, -0.05) is 23.4 Å². The van der Waals surface area contributed by atoms with Crippen molar-refractivity contribution in [3.63, 3.8) is 0 Å². The van der Waals surface area contributed by atoms with Crippen LogP contribution >= 0.6 is 0 Å². The zero-order valence-electron chi connectivity index (χ0n) is 16.5. The summed E-state index contributed by atoms with van der Waals surface area (Å²) < 4.78 is 32.3. The van der Waals surface area contributed by atoms with Gasteiger partial charge in [-0.15, -0.1) is 0 Å². The maximum Gasteiger partial charge on any atom is 0.254 e. The van der Waals surface area contributed by atoms with Gasteiger partial charge >= 0.3 is 0 Å². The topological polar surface area (TPSA) is 96.6 Å². The molecule has 0 spiro atoms. The Morgan fingerprint density at radius 1 is 1.07 bits per heavy atom.